The number of rotatable bonds is 4. The Morgan fingerprint density at radius 2 is 1.90 bits per heavy atom. The maximum Gasteiger partial charge on any atom is 0.292 e. The Bertz CT molecular complexity index is 870. The van der Waals surface area contributed by atoms with Crippen molar-refractivity contribution in [1.29, 1.82) is 0 Å². The molecular weight excluding hydrogens is 306 g/mol. The van der Waals surface area contributed by atoms with Crippen LogP contribution >= 0.6 is 23.6 Å². The van der Waals surface area contributed by atoms with Gasteiger partial charge in [0, 0.05) is 6.07 Å². The number of nitro benzene ring substituents is 1. The van der Waals surface area contributed by atoms with Crippen LogP contribution < -0.4 is 5.32 Å². The third-order valence-corrected chi connectivity index (χ3v) is 4.53. The first-order chi connectivity index (χ1) is 10.2. The summed E-state index contributed by atoms with van der Waals surface area (Å²) in [4.78, 5) is 10.6. The van der Waals surface area contributed by atoms with Gasteiger partial charge in [-0.2, -0.15) is 0 Å². The zero-order valence-corrected chi connectivity index (χ0v) is 12.5. The highest BCUT2D eigenvalue weighted by molar-refractivity contribution is 7.73. The number of nitro groups is 1. The Morgan fingerprint density at radius 3 is 2.71 bits per heavy atom. The van der Waals surface area contributed by atoms with Crippen molar-refractivity contribution in [2.24, 2.45) is 0 Å². The predicted molar refractivity (Wildman–Crippen MR) is 87.4 cm³/mol. The SMILES string of the molecule is O=[N+]([O-])c1ccccc1NCn1c(=S)sc2ccccc21. The van der Waals surface area contributed by atoms with Crippen LogP contribution in [0.3, 0.4) is 0 Å². The second-order valence-electron chi connectivity index (χ2n) is 4.37. The average molecular weight is 317 g/mol. The summed E-state index contributed by atoms with van der Waals surface area (Å²) in [5, 5.41) is 14.1. The van der Waals surface area contributed by atoms with Crippen LogP contribution in [0.5, 0.6) is 0 Å². The Kier molecular flexibility index (Phi) is 3.68. The lowest BCUT2D eigenvalue weighted by atomic mass is 10.3. The van der Waals surface area contributed by atoms with Crippen LogP contribution in [0, 0.1) is 14.1 Å². The topological polar surface area (TPSA) is 60.1 Å². The van der Waals surface area contributed by atoms with Gasteiger partial charge in [-0.3, -0.25) is 10.1 Å². The van der Waals surface area contributed by atoms with Gasteiger partial charge in [0.25, 0.3) is 5.69 Å². The summed E-state index contributed by atoms with van der Waals surface area (Å²) in [6.07, 6.45) is 0. The molecule has 0 atom stereocenters. The van der Waals surface area contributed by atoms with Gasteiger partial charge >= 0.3 is 0 Å². The second kappa shape index (κ2) is 5.63. The molecule has 0 aliphatic heterocycles. The molecule has 0 fully saturated rings. The zero-order valence-electron chi connectivity index (χ0n) is 10.9. The molecule has 1 heterocycles. The Balaban J connectivity index is 1.93. The van der Waals surface area contributed by atoms with Gasteiger partial charge in [0.05, 0.1) is 21.8 Å². The summed E-state index contributed by atoms with van der Waals surface area (Å²) < 4.78 is 3.78. The fourth-order valence-corrected chi connectivity index (χ4v) is 3.43. The normalized spacial score (nSPS) is 10.7. The molecule has 7 heteroatoms. The number of nitrogens with zero attached hydrogens (tertiary/aromatic N) is 2. The molecule has 0 saturated heterocycles. The van der Waals surface area contributed by atoms with Gasteiger partial charge in [-0.25, -0.2) is 0 Å². The smallest absolute Gasteiger partial charge is 0.292 e. The highest BCUT2D eigenvalue weighted by Gasteiger charge is 2.12. The molecule has 106 valence electrons. The number of nitrogens with one attached hydrogen (secondary N) is 1. The first-order valence-corrected chi connectivity index (χ1v) is 7.45. The lowest BCUT2D eigenvalue weighted by Gasteiger charge is -2.09. The molecule has 2 aromatic carbocycles. The lowest BCUT2D eigenvalue weighted by molar-refractivity contribution is -0.384. The van der Waals surface area contributed by atoms with E-state index in [2.05, 4.69) is 5.32 Å². The Morgan fingerprint density at radius 1 is 1.19 bits per heavy atom. The van der Waals surface area contributed by atoms with Crippen LogP contribution in [0.25, 0.3) is 10.2 Å². The van der Waals surface area contributed by atoms with Gasteiger partial charge in [-0.05, 0) is 30.4 Å². The fourth-order valence-electron chi connectivity index (χ4n) is 2.11. The Labute approximate surface area is 129 Å². The number of benzene rings is 2. The largest absolute Gasteiger partial charge is 0.362 e. The van der Waals surface area contributed by atoms with Crippen molar-refractivity contribution < 1.29 is 4.92 Å². The predicted octanol–water partition coefficient (Wildman–Crippen LogP) is 4.41. The van der Waals surface area contributed by atoms with Crippen LogP contribution in [-0.2, 0) is 6.67 Å². The minimum Gasteiger partial charge on any atom is -0.362 e. The summed E-state index contributed by atoms with van der Waals surface area (Å²) in [5.74, 6) is 0. The summed E-state index contributed by atoms with van der Waals surface area (Å²) in [7, 11) is 0. The van der Waals surface area contributed by atoms with E-state index in [1.54, 1.807) is 18.2 Å². The highest BCUT2D eigenvalue weighted by Crippen LogP contribution is 2.26. The molecule has 0 radical (unpaired) electrons. The van der Waals surface area contributed by atoms with Gasteiger partial charge in [0.2, 0.25) is 0 Å². The van der Waals surface area contributed by atoms with Gasteiger partial charge in [0.1, 0.15) is 5.69 Å². The fraction of sp³-hybridized carbons (Fsp3) is 0.0714. The van der Waals surface area contributed by atoms with E-state index < -0.39 is 4.92 Å². The molecule has 0 saturated carbocycles. The summed E-state index contributed by atoms with van der Waals surface area (Å²) in [6.45, 7) is 0.397. The molecule has 0 aliphatic rings. The maximum atomic E-state index is 11.0. The van der Waals surface area contributed by atoms with Crippen LogP contribution in [-0.4, -0.2) is 9.49 Å². The first-order valence-electron chi connectivity index (χ1n) is 6.22. The maximum absolute atomic E-state index is 11.0. The zero-order chi connectivity index (χ0) is 14.8. The van der Waals surface area contributed by atoms with Crippen molar-refractivity contribution in [1.82, 2.24) is 4.57 Å². The number of anilines is 1. The molecule has 21 heavy (non-hydrogen) atoms. The molecule has 0 amide bonds. The molecule has 0 spiro atoms. The lowest BCUT2D eigenvalue weighted by Crippen LogP contribution is -2.09. The number of aromatic nitrogens is 1. The molecule has 1 aromatic heterocycles. The molecule has 1 N–H and O–H groups in total. The summed E-state index contributed by atoms with van der Waals surface area (Å²) in [6, 6.07) is 14.5. The second-order valence-corrected chi connectivity index (χ2v) is 6.05. The number of fused-ring (bicyclic) bond motifs is 1. The number of para-hydroxylation sites is 3. The molecule has 0 aliphatic carbocycles. The van der Waals surface area contributed by atoms with Gasteiger partial charge in [0.15, 0.2) is 3.95 Å². The van der Waals surface area contributed by atoms with Gasteiger partial charge in [-0.1, -0.05) is 24.3 Å². The van der Waals surface area contributed by atoms with Crippen molar-refractivity contribution in [2.75, 3.05) is 5.32 Å². The van der Waals surface area contributed by atoms with E-state index in [9.17, 15) is 10.1 Å². The van der Waals surface area contributed by atoms with E-state index in [1.165, 1.54) is 17.4 Å². The van der Waals surface area contributed by atoms with Crippen LogP contribution in [0.15, 0.2) is 48.5 Å². The third kappa shape index (κ3) is 2.65. The molecule has 0 bridgehead atoms. The van der Waals surface area contributed by atoms with Crippen molar-refractivity contribution in [3.8, 4) is 0 Å². The van der Waals surface area contributed by atoms with Crippen LogP contribution in [0.4, 0.5) is 11.4 Å². The summed E-state index contributed by atoms with van der Waals surface area (Å²) >= 11 is 6.89. The standard InChI is InChI=1S/C14H11N3O2S2/c18-17(19)11-6-2-1-5-10(11)15-9-16-12-7-3-4-8-13(12)21-14(16)20/h1-8,15H,9H2. The molecule has 0 unspecified atom stereocenters. The number of thiazole rings is 1. The quantitative estimate of drug-likeness (QED) is 0.440. The van der Waals surface area contributed by atoms with E-state index >= 15 is 0 Å². The van der Waals surface area contributed by atoms with Gasteiger partial charge in [-0.15, -0.1) is 11.3 Å². The Hall–Kier alpha value is -2.25. The van der Waals surface area contributed by atoms with Gasteiger partial charge < -0.3 is 9.88 Å². The van der Waals surface area contributed by atoms with E-state index in [4.69, 9.17) is 12.2 Å². The molecule has 3 aromatic rings. The van der Waals surface area contributed by atoms with Crippen LogP contribution in [0.1, 0.15) is 0 Å². The average Bonchev–Trinajstić information content (AvgIpc) is 2.81. The minimum absolute atomic E-state index is 0.0588. The molecular formula is C14H11N3O2S2. The van der Waals surface area contributed by atoms with Crippen molar-refractivity contribution in [2.45, 2.75) is 6.67 Å². The minimum atomic E-state index is -0.396. The molecule has 5 nitrogen and oxygen atoms in total. The number of hydrogen-bond acceptors (Lipinski definition) is 5. The van der Waals surface area contributed by atoms with E-state index in [0.717, 1.165) is 14.2 Å². The van der Waals surface area contributed by atoms with Crippen LogP contribution in [0.2, 0.25) is 0 Å². The van der Waals surface area contributed by atoms with Crippen molar-refractivity contribution >= 4 is 45.1 Å². The van der Waals surface area contributed by atoms with Crippen molar-refractivity contribution in [3.05, 3.63) is 62.6 Å². The third-order valence-electron chi connectivity index (χ3n) is 3.10. The van der Waals surface area contributed by atoms with E-state index in [-0.39, 0.29) is 5.69 Å². The first kappa shape index (κ1) is 13.7. The van der Waals surface area contributed by atoms with Crippen molar-refractivity contribution in [3.63, 3.8) is 0 Å². The monoisotopic (exact) mass is 317 g/mol. The number of hydrogen-bond donors (Lipinski definition) is 1. The van der Waals surface area contributed by atoms with E-state index in [1.807, 2.05) is 28.8 Å². The van der Waals surface area contributed by atoms with E-state index in [0.29, 0.717) is 12.4 Å². The molecule has 3 rings (SSSR count). The summed E-state index contributed by atoms with van der Waals surface area (Å²) in [5.41, 5.74) is 1.57. The highest BCUT2D eigenvalue weighted by atomic mass is 32.1.